The zero-order valence-corrected chi connectivity index (χ0v) is 9.99. The fraction of sp³-hybridized carbons (Fsp3) is 0.800. The minimum Gasteiger partial charge on any atom is -0.480 e. The van der Waals surface area contributed by atoms with E-state index < -0.39 is 11.5 Å². The van der Waals surface area contributed by atoms with Crippen LogP contribution in [0.15, 0.2) is 0 Å². The van der Waals surface area contributed by atoms with Crippen molar-refractivity contribution in [2.75, 3.05) is 20.6 Å². The zero-order valence-electron chi connectivity index (χ0n) is 9.99. The molecule has 0 spiro atoms. The van der Waals surface area contributed by atoms with Crippen LogP contribution in [0.1, 0.15) is 26.2 Å². The van der Waals surface area contributed by atoms with Crippen molar-refractivity contribution in [3.05, 3.63) is 0 Å². The number of aliphatic carboxylic acids is 1. The minimum absolute atomic E-state index is 0.352. The van der Waals surface area contributed by atoms with Crippen LogP contribution in [0.25, 0.3) is 0 Å². The number of hydrogen-bond acceptors (Lipinski definition) is 3. The van der Waals surface area contributed by atoms with Crippen molar-refractivity contribution in [2.45, 2.75) is 31.7 Å². The van der Waals surface area contributed by atoms with Crippen LogP contribution in [-0.4, -0.2) is 53.2 Å². The standard InChI is InChI=1S/C10H19N3O3/c1-10(8(14)15)6-4-5-7-13(10)9(16)11-12(2)3/h4-7H2,1-3H3,(H,11,16)(H,14,15). The van der Waals surface area contributed by atoms with Gasteiger partial charge in [-0.2, -0.15) is 0 Å². The second-order valence-electron chi connectivity index (χ2n) is 4.50. The molecule has 1 fully saturated rings. The maximum Gasteiger partial charge on any atom is 0.332 e. The Morgan fingerprint density at radius 3 is 2.50 bits per heavy atom. The van der Waals surface area contributed by atoms with Gasteiger partial charge in [-0.15, -0.1) is 0 Å². The number of urea groups is 1. The zero-order chi connectivity index (χ0) is 12.3. The highest BCUT2D eigenvalue weighted by Crippen LogP contribution is 2.28. The van der Waals surface area contributed by atoms with Gasteiger partial charge in [-0.3, -0.25) is 5.43 Å². The van der Waals surface area contributed by atoms with Crippen LogP contribution in [0.3, 0.4) is 0 Å². The average molecular weight is 229 g/mol. The number of rotatable bonds is 2. The number of carbonyl (C=O) groups is 2. The van der Waals surface area contributed by atoms with Crippen molar-refractivity contribution < 1.29 is 14.7 Å². The quantitative estimate of drug-likeness (QED) is 0.676. The van der Waals surface area contributed by atoms with Crippen molar-refractivity contribution in [2.24, 2.45) is 0 Å². The monoisotopic (exact) mass is 229 g/mol. The summed E-state index contributed by atoms with van der Waals surface area (Å²) in [4.78, 5) is 24.5. The lowest BCUT2D eigenvalue weighted by molar-refractivity contribution is -0.150. The van der Waals surface area contributed by atoms with Crippen LogP contribution in [-0.2, 0) is 4.79 Å². The lowest BCUT2D eigenvalue weighted by Gasteiger charge is -2.41. The highest BCUT2D eigenvalue weighted by atomic mass is 16.4. The Hall–Kier alpha value is -1.30. The number of carboxylic acid groups (broad SMARTS) is 1. The van der Waals surface area contributed by atoms with E-state index in [1.54, 1.807) is 21.0 Å². The lowest BCUT2D eigenvalue weighted by Crippen LogP contribution is -2.61. The summed E-state index contributed by atoms with van der Waals surface area (Å²) in [5, 5.41) is 10.7. The van der Waals surface area contributed by atoms with Gasteiger partial charge in [0.05, 0.1) is 0 Å². The molecule has 0 aliphatic carbocycles. The number of amides is 2. The molecule has 1 aliphatic heterocycles. The third kappa shape index (κ3) is 2.44. The fourth-order valence-corrected chi connectivity index (χ4v) is 1.92. The fourth-order valence-electron chi connectivity index (χ4n) is 1.92. The third-order valence-electron chi connectivity index (χ3n) is 2.92. The van der Waals surface area contributed by atoms with E-state index in [1.165, 1.54) is 9.91 Å². The smallest absolute Gasteiger partial charge is 0.332 e. The molecular weight excluding hydrogens is 210 g/mol. The molecule has 1 saturated heterocycles. The summed E-state index contributed by atoms with van der Waals surface area (Å²) >= 11 is 0. The highest BCUT2D eigenvalue weighted by molar-refractivity contribution is 5.86. The Balaban J connectivity index is 2.82. The lowest BCUT2D eigenvalue weighted by atomic mass is 9.89. The van der Waals surface area contributed by atoms with E-state index in [9.17, 15) is 14.7 Å². The third-order valence-corrected chi connectivity index (χ3v) is 2.92. The molecule has 1 unspecified atom stereocenters. The molecule has 1 heterocycles. The molecule has 0 bridgehead atoms. The molecule has 1 rings (SSSR count). The van der Waals surface area contributed by atoms with E-state index in [4.69, 9.17) is 0 Å². The SMILES string of the molecule is CN(C)NC(=O)N1CCCCC1(C)C(=O)O. The van der Waals surface area contributed by atoms with E-state index >= 15 is 0 Å². The van der Waals surface area contributed by atoms with Crippen molar-refractivity contribution in [1.29, 1.82) is 0 Å². The second-order valence-corrected chi connectivity index (χ2v) is 4.50. The summed E-state index contributed by atoms with van der Waals surface area (Å²) in [5.41, 5.74) is 1.49. The number of carbonyl (C=O) groups excluding carboxylic acids is 1. The molecule has 1 atom stereocenters. The van der Waals surface area contributed by atoms with Gasteiger partial charge in [0.15, 0.2) is 0 Å². The van der Waals surface area contributed by atoms with E-state index in [0.717, 1.165) is 12.8 Å². The normalized spacial score (nSPS) is 25.6. The molecular formula is C10H19N3O3. The number of hydrogen-bond donors (Lipinski definition) is 2. The van der Waals surface area contributed by atoms with E-state index in [0.29, 0.717) is 13.0 Å². The average Bonchev–Trinajstić information content (AvgIpc) is 2.16. The molecule has 0 radical (unpaired) electrons. The Morgan fingerprint density at radius 2 is 2.00 bits per heavy atom. The maximum atomic E-state index is 11.8. The van der Waals surface area contributed by atoms with Gasteiger partial charge in [0.2, 0.25) is 0 Å². The first-order valence-corrected chi connectivity index (χ1v) is 5.37. The van der Waals surface area contributed by atoms with Crippen LogP contribution in [0.2, 0.25) is 0 Å². The van der Waals surface area contributed by atoms with Crippen molar-refractivity contribution >= 4 is 12.0 Å². The number of hydrazine groups is 1. The van der Waals surface area contributed by atoms with Gasteiger partial charge in [-0.1, -0.05) is 0 Å². The largest absolute Gasteiger partial charge is 0.480 e. The summed E-state index contributed by atoms with van der Waals surface area (Å²) in [6.07, 6.45) is 2.20. The Morgan fingerprint density at radius 1 is 1.38 bits per heavy atom. The summed E-state index contributed by atoms with van der Waals surface area (Å²) in [5.74, 6) is -0.943. The summed E-state index contributed by atoms with van der Waals surface area (Å²) < 4.78 is 0. The molecule has 0 aromatic rings. The van der Waals surface area contributed by atoms with Crippen LogP contribution in [0, 0.1) is 0 Å². The van der Waals surface area contributed by atoms with Gasteiger partial charge in [0, 0.05) is 20.6 Å². The van der Waals surface area contributed by atoms with Crippen LogP contribution < -0.4 is 5.43 Å². The van der Waals surface area contributed by atoms with E-state index in [-0.39, 0.29) is 6.03 Å². The number of nitrogens with one attached hydrogen (secondary N) is 1. The molecule has 2 amide bonds. The van der Waals surface area contributed by atoms with Crippen LogP contribution >= 0.6 is 0 Å². The molecule has 6 nitrogen and oxygen atoms in total. The van der Waals surface area contributed by atoms with Crippen LogP contribution in [0.5, 0.6) is 0 Å². The molecule has 0 saturated carbocycles. The maximum absolute atomic E-state index is 11.8. The first-order valence-electron chi connectivity index (χ1n) is 5.37. The molecule has 92 valence electrons. The van der Waals surface area contributed by atoms with Crippen LogP contribution in [0.4, 0.5) is 4.79 Å². The Labute approximate surface area is 95.2 Å². The molecule has 0 aromatic heterocycles. The Kier molecular flexibility index (Phi) is 3.74. The molecule has 1 aliphatic rings. The predicted octanol–water partition coefficient (Wildman–Crippen LogP) is 0.502. The topological polar surface area (TPSA) is 72.9 Å². The first kappa shape index (κ1) is 12.8. The summed E-state index contributed by atoms with van der Waals surface area (Å²) in [6, 6.07) is -0.352. The van der Waals surface area contributed by atoms with Crippen molar-refractivity contribution in [3.8, 4) is 0 Å². The number of carboxylic acids is 1. The molecule has 0 aromatic carbocycles. The number of piperidine rings is 1. The van der Waals surface area contributed by atoms with Gasteiger partial charge in [-0.25, -0.2) is 14.6 Å². The number of likely N-dealkylation sites (tertiary alicyclic amines) is 1. The predicted molar refractivity (Wildman–Crippen MR) is 58.8 cm³/mol. The van der Waals surface area contributed by atoms with Crippen molar-refractivity contribution in [3.63, 3.8) is 0 Å². The number of nitrogens with zero attached hydrogens (tertiary/aromatic N) is 2. The summed E-state index contributed by atoms with van der Waals surface area (Å²) in [7, 11) is 3.39. The van der Waals surface area contributed by atoms with Crippen molar-refractivity contribution in [1.82, 2.24) is 15.3 Å². The van der Waals surface area contributed by atoms with E-state index in [2.05, 4.69) is 5.43 Å². The first-order chi connectivity index (χ1) is 7.38. The van der Waals surface area contributed by atoms with E-state index in [1.807, 2.05) is 0 Å². The molecule has 2 N–H and O–H groups in total. The van der Waals surface area contributed by atoms with Gasteiger partial charge in [-0.05, 0) is 26.2 Å². The second kappa shape index (κ2) is 4.69. The van der Waals surface area contributed by atoms with Gasteiger partial charge < -0.3 is 10.0 Å². The highest BCUT2D eigenvalue weighted by Gasteiger charge is 2.44. The molecule has 16 heavy (non-hydrogen) atoms. The Bertz CT molecular complexity index is 293. The minimum atomic E-state index is -1.08. The van der Waals surface area contributed by atoms with Gasteiger partial charge in [0.25, 0.3) is 0 Å². The molecule has 6 heteroatoms. The van der Waals surface area contributed by atoms with Gasteiger partial charge in [0.1, 0.15) is 5.54 Å². The summed E-state index contributed by atoms with van der Waals surface area (Å²) in [6.45, 7) is 2.09. The van der Waals surface area contributed by atoms with Gasteiger partial charge >= 0.3 is 12.0 Å².